The number of nitrogens with zero attached hydrogens (tertiary/aromatic N) is 1. The molecule has 2 unspecified atom stereocenters. The SMILES string of the molecule is CCN1C(=O)C(C)c2cc(C(N)c3ccccc3)ccc21. The number of benzene rings is 2. The second kappa shape index (κ2) is 5.34. The van der Waals surface area contributed by atoms with E-state index in [1.54, 1.807) is 0 Å². The van der Waals surface area contributed by atoms with Gasteiger partial charge in [-0.15, -0.1) is 0 Å². The number of hydrogen-bond acceptors (Lipinski definition) is 2. The summed E-state index contributed by atoms with van der Waals surface area (Å²) in [5, 5.41) is 0. The molecule has 1 amide bonds. The molecule has 0 saturated carbocycles. The molecule has 3 nitrogen and oxygen atoms in total. The molecule has 0 aliphatic carbocycles. The molecule has 3 rings (SSSR count). The number of rotatable bonds is 3. The van der Waals surface area contributed by atoms with Crippen LogP contribution in [-0.2, 0) is 4.79 Å². The van der Waals surface area contributed by atoms with Gasteiger partial charge in [-0.2, -0.15) is 0 Å². The van der Waals surface area contributed by atoms with Crippen molar-refractivity contribution < 1.29 is 4.79 Å². The van der Waals surface area contributed by atoms with Gasteiger partial charge in [-0.05, 0) is 36.6 Å². The molecule has 2 atom stereocenters. The van der Waals surface area contributed by atoms with Gasteiger partial charge < -0.3 is 10.6 Å². The number of hydrogen-bond donors (Lipinski definition) is 1. The van der Waals surface area contributed by atoms with E-state index in [2.05, 4.69) is 6.07 Å². The van der Waals surface area contributed by atoms with E-state index in [4.69, 9.17) is 5.73 Å². The first-order valence-electron chi connectivity index (χ1n) is 7.39. The van der Waals surface area contributed by atoms with Crippen LogP contribution in [0.2, 0.25) is 0 Å². The topological polar surface area (TPSA) is 46.3 Å². The molecule has 0 radical (unpaired) electrons. The lowest BCUT2D eigenvalue weighted by atomic mass is 9.94. The summed E-state index contributed by atoms with van der Waals surface area (Å²) in [6, 6.07) is 16.0. The molecule has 0 bridgehead atoms. The molecule has 0 aromatic heterocycles. The molecule has 3 heteroatoms. The highest BCUT2D eigenvalue weighted by Gasteiger charge is 2.33. The van der Waals surface area contributed by atoms with Crippen LogP contribution < -0.4 is 10.6 Å². The number of carbonyl (C=O) groups is 1. The van der Waals surface area contributed by atoms with Gasteiger partial charge in [0, 0.05) is 12.2 Å². The normalized spacial score (nSPS) is 18.7. The van der Waals surface area contributed by atoms with Crippen LogP contribution in [0.4, 0.5) is 5.69 Å². The lowest BCUT2D eigenvalue weighted by Crippen LogP contribution is -2.27. The van der Waals surface area contributed by atoms with Crippen molar-refractivity contribution in [3.8, 4) is 0 Å². The lowest BCUT2D eigenvalue weighted by molar-refractivity contribution is -0.118. The third kappa shape index (κ3) is 2.24. The fourth-order valence-corrected chi connectivity index (χ4v) is 3.02. The number of amides is 1. The Labute approximate surface area is 125 Å². The first-order valence-corrected chi connectivity index (χ1v) is 7.39. The van der Waals surface area contributed by atoms with Crippen LogP contribution in [-0.4, -0.2) is 12.5 Å². The summed E-state index contributed by atoms with van der Waals surface area (Å²) in [5.74, 6) is 0.0980. The van der Waals surface area contributed by atoms with Gasteiger partial charge >= 0.3 is 0 Å². The van der Waals surface area contributed by atoms with Gasteiger partial charge in [-0.1, -0.05) is 42.5 Å². The maximum absolute atomic E-state index is 12.2. The second-order valence-electron chi connectivity index (χ2n) is 5.51. The van der Waals surface area contributed by atoms with Crippen molar-refractivity contribution in [3.63, 3.8) is 0 Å². The van der Waals surface area contributed by atoms with Gasteiger partial charge in [0.2, 0.25) is 5.91 Å². The molecule has 0 saturated heterocycles. The summed E-state index contributed by atoms with van der Waals surface area (Å²) in [4.78, 5) is 14.1. The largest absolute Gasteiger partial charge is 0.320 e. The van der Waals surface area contributed by atoms with Crippen LogP contribution in [0.3, 0.4) is 0 Å². The van der Waals surface area contributed by atoms with Crippen molar-refractivity contribution in [3.05, 3.63) is 65.2 Å². The minimum atomic E-state index is -0.158. The number of carbonyl (C=O) groups excluding carboxylic acids is 1. The highest BCUT2D eigenvalue weighted by Crippen LogP contribution is 2.38. The van der Waals surface area contributed by atoms with Gasteiger partial charge in [-0.3, -0.25) is 4.79 Å². The van der Waals surface area contributed by atoms with E-state index in [0.29, 0.717) is 6.54 Å². The summed E-state index contributed by atoms with van der Waals surface area (Å²) in [7, 11) is 0. The number of fused-ring (bicyclic) bond motifs is 1. The first-order chi connectivity index (χ1) is 10.1. The van der Waals surface area contributed by atoms with E-state index in [-0.39, 0.29) is 17.9 Å². The maximum Gasteiger partial charge on any atom is 0.234 e. The van der Waals surface area contributed by atoms with Gasteiger partial charge in [0.1, 0.15) is 0 Å². The van der Waals surface area contributed by atoms with Crippen molar-refractivity contribution >= 4 is 11.6 Å². The third-order valence-corrected chi connectivity index (χ3v) is 4.28. The molecule has 108 valence electrons. The Morgan fingerprint density at radius 1 is 1.14 bits per heavy atom. The van der Waals surface area contributed by atoms with Gasteiger partial charge in [0.05, 0.1) is 12.0 Å². The molecule has 21 heavy (non-hydrogen) atoms. The predicted octanol–water partition coefficient (Wildman–Crippen LogP) is 3.20. The fraction of sp³-hybridized carbons (Fsp3) is 0.278. The Balaban J connectivity index is 2.00. The van der Waals surface area contributed by atoms with Gasteiger partial charge in [0.25, 0.3) is 0 Å². The average Bonchev–Trinajstić information content (AvgIpc) is 2.78. The van der Waals surface area contributed by atoms with E-state index in [9.17, 15) is 4.79 Å². The molecular weight excluding hydrogens is 260 g/mol. The van der Waals surface area contributed by atoms with Gasteiger partial charge in [-0.25, -0.2) is 0 Å². The zero-order valence-electron chi connectivity index (χ0n) is 12.4. The summed E-state index contributed by atoms with van der Waals surface area (Å²) in [5.41, 5.74) is 10.6. The molecule has 0 fully saturated rings. The highest BCUT2D eigenvalue weighted by atomic mass is 16.2. The quantitative estimate of drug-likeness (QED) is 0.938. The number of nitrogens with two attached hydrogens (primary N) is 1. The summed E-state index contributed by atoms with van der Waals surface area (Å²) >= 11 is 0. The first kappa shape index (κ1) is 13.8. The molecular formula is C18H20N2O. The highest BCUT2D eigenvalue weighted by molar-refractivity contribution is 6.04. The van der Waals surface area contributed by atoms with E-state index < -0.39 is 0 Å². The summed E-state index contributed by atoms with van der Waals surface area (Å²) < 4.78 is 0. The lowest BCUT2D eigenvalue weighted by Gasteiger charge is -2.17. The number of likely N-dealkylation sites (N-methyl/N-ethyl adjacent to an activating group) is 1. The average molecular weight is 280 g/mol. The predicted molar refractivity (Wildman–Crippen MR) is 85.4 cm³/mol. The molecule has 0 spiro atoms. The van der Waals surface area contributed by atoms with E-state index in [0.717, 1.165) is 22.4 Å². The Bertz CT molecular complexity index is 666. The second-order valence-corrected chi connectivity index (χ2v) is 5.51. The molecule has 1 aliphatic rings. The van der Waals surface area contributed by atoms with Crippen molar-refractivity contribution in [2.75, 3.05) is 11.4 Å². The Kier molecular flexibility index (Phi) is 3.52. The van der Waals surface area contributed by atoms with Gasteiger partial charge in [0.15, 0.2) is 0 Å². The maximum atomic E-state index is 12.2. The van der Waals surface area contributed by atoms with Crippen molar-refractivity contribution in [1.29, 1.82) is 0 Å². The Morgan fingerprint density at radius 3 is 2.52 bits per heavy atom. The zero-order chi connectivity index (χ0) is 15.0. The smallest absolute Gasteiger partial charge is 0.234 e. The monoisotopic (exact) mass is 280 g/mol. The van der Waals surface area contributed by atoms with Crippen LogP contribution in [0.1, 0.15) is 42.5 Å². The van der Waals surface area contributed by atoms with Crippen molar-refractivity contribution in [2.24, 2.45) is 5.73 Å². The van der Waals surface area contributed by atoms with Crippen LogP contribution in [0.15, 0.2) is 48.5 Å². The Hall–Kier alpha value is -2.13. The molecule has 2 aromatic rings. The standard InChI is InChI=1S/C18H20N2O/c1-3-20-16-10-9-14(11-15(16)12(2)18(20)21)17(19)13-7-5-4-6-8-13/h4-12,17H,3,19H2,1-2H3. The fourth-order valence-electron chi connectivity index (χ4n) is 3.02. The van der Waals surface area contributed by atoms with Crippen LogP contribution in [0.5, 0.6) is 0 Å². The van der Waals surface area contributed by atoms with Crippen LogP contribution >= 0.6 is 0 Å². The van der Waals surface area contributed by atoms with Crippen molar-refractivity contribution in [1.82, 2.24) is 0 Å². The van der Waals surface area contributed by atoms with E-state index in [1.807, 2.05) is 61.2 Å². The number of anilines is 1. The Morgan fingerprint density at radius 2 is 1.86 bits per heavy atom. The minimum Gasteiger partial charge on any atom is -0.320 e. The zero-order valence-corrected chi connectivity index (χ0v) is 12.4. The molecule has 2 N–H and O–H groups in total. The molecule has 1 heterocycles. The summed E-state index contributed by atoms with van der Waals surface area (Å²) in [6.07, 6.45) is 0. The van der Waals surface area contributed by atoms with Crippen molar-refractivity contribution in [2.45, 2.75) is 25.8 Å². The third-order valence-electron chi connectivity index (χ3n) is 4.28. The van der Waals surface area contributed by atoms with Crippen LogP contribution in [0, 0.1) is 0 Å². The minimum absolute atomic E-state index is 0.0807. The molecule has 1 aliphatic heterocycles. The van der Waals surface area contributed by atoms with E-state index in [1.165, 1.54) is 0 Å². The summed E-state index contributed by atoms with van der Waals surface area (Å²) in [6.45, 7) is 4.68. The van der Waals surface area contributed by atoms with E-state index >= 15 is 0 Å². The molecule has 2 aromatic carbocycles. The van der Waals surface area contributed by atoms with Crippen LogP contribution in [0.25, 0.3) is 0 Å².